The third-order valence-corrected chi connectivity index (χ3v) is 1.65. The number of carbonyl (C=O) groups excluding carboxylic acids is 1. The lowest BCUT2D eigenvalue weighted by molar-refractivity contribution is 0.0958. The minimum absolute atomic E-state index is 0.0860. The van der Waals surface area contributed by atoms with Crippen molar-refractivity contribution in [1.29, 1.82) is 0 Å². The summed E-state index contributed by atoms with van der Waals surface area (Å²) in [5, 5.41) is 0.485. The fraction of sp³-hybridized carbons (Fsp3) is 0.143. The van der Waals surface area contributed by atoms with E-state index < -0.39 is 0 Å². The monoisotopic (exact) mass is 169 g/mol. The molecular formula is C7H4ClNO2. The smallest absolute Gasteiger partial charge is 0.222 e. The van der Waals surface area contributed by atoms with Crippen LogP contribution >= 0.6 is 11.6 Å². The first-order valence-electron chi connectivity index (χ1n) is 3.09. The summed E-state index contributed by atoms with van der Waals surface area (Å²) < 4.78 is 5.00. The molecule has 56 valence electrons. The standard InChI is InChI=1S/C7H4ClNO2/c8-4-1-6-7(9-2-4)5(10)3-11-6/h1-2H,3H2. The number of Topliss-reactive ketones (excluding diaryl/α,β-unsaturated/α-hetero) is 1. The van der Waals surface area contributed by atoms with Crippen LogP contribution in [0.25, 0.3) is 0 Å². The van der Waals surface area contributed by atoms with E-state index in [1.807, 2.05) is 0 Å². The predicted molar refractivity (Wildman–Crippen MR) is 39.1 cm³/mol. The molecule has 0 spiro atoms. The highest BCUT2D eigenvalue weighted by molar-refractivity contribution is 6.30. The van der Waals surface area contributed by atoms with E-state index in [1.54, 1.807) is 6.07 Å². The highest BCUT2D eigenvalue weighted by Gasteiger charge is 2.22. The zero-order chi connectivity index (χ0) is 7.84. The largest absolute Gasteiger partial charge is 0.483 e. The number of ether oxygens (including phenoxy) is 1. The van der Waals surface area contributed by atoms with Crippen molar-refractivity contribution < 1.29 is 9.53 Å². The maximum atomic E-state index is 10.9. The van der Waals surface area contributed by atoms with E-state index in [0.29, 0.717) is 16.5 Å². The van der Waals surface area contributed by atoms with Crippen LogP contribution in [0.2, 0.25) is 5.02 Å². The minimum atomic E-state index is -0.0864. The molecule has 2 rings (SSSR count). The second kappa shape index (κ2) is 2.20. The van der Waals surface area contributed by atoms with Gasteiger partial charge in [-0.05, 0) is 0 Å². The van der Waals surface area contributed by atoms with E-state index in [1.165, 1.54) is 6.20 Å². The molecule has 2 heterocycles. The first-order valence-corrected chi connectivity index (χ1v) is 3.47. The first kappa shape index (κ1) is 6.61. The lowest BCUT2D eigenvalue weighted by atomic mass is 10.3. The van der Waals surface area contributed by atoms with Gasteiger partial charge in [0.15, 0.2) is 18.1 Å². The maximum absolute atomic E-state index is 10.9. The zero-order valence-electron chi connectivity index (χ0n) is 5.50. The molecule has 0 unspecified atom stereocenters. The number of halogens is 1. The minimum Gasteiger partial charge on any atom is -0.483 e. The Balaban J connectivity index is 2.59. The summed E-state index contributed by atoms with van der Waals surface area (Å²) in [6, 6.07) is 1.59. The molecule has 0 fully saturated rings. The SMILES string of the molecule is O=C1COc2cc(Cl)cnc21. The molecular weight excluding hydrogens is 166 g/mol. The molecule has 0 radical (unpaired) electrons. The van der Waals surface area contributed by atoms with Crippen LogP contribution in [0.3, 0.4) is 0 Å². The van der Waals surface area contributed by atoms with Crippen LogP contribution in [0.4, 0.5) is 0 Å². The normalized spacial score (nSPS) is 14.5. The summed E-state index contributed by atoms with van der Waals surface area (Å²) in [4.78, 5) is 14.8. The van der Waals surface area contributed by atoms with Gasteiger partial charge < -0.3 is 4.74 Å². The van der Waals surface area contributed by atoms with Gasteiger partial charge in [-0.3, -0.25) is 4.79 Å². The predicted octanol–water partition coefficient (Wildman–Crippen LogP) is 1.31. The van der Waals surface area contributed by atoms with Gasteiger partial charge in [0.1, 0.15) is 0 Å². The lowest BCUT2D eigenvalue weighted by Crippen LogP contribution is -2.00. The molecule has 1 aliphatic heterocycles. The van der Waals surface area contributed by atoms with Crippen molar-refractivity contribution in [3.63, 3.8) is 0 Å². The van der Waals surface area contributed by atoms with Gasteiger partial charge in [0.25, 0.3) is 0 Å². The van der Waals surface area contributed by atoms with Gasteiger partial charge >= 0.3 is 0 Å². The van der Waals surface area contributed by atoms with Crippen molar-refractivity contribution in [3.05, 3.63) is 23.0 Å². The van der Waals surface area contributed by atoms with Crippen LogP contribution in [0.15, 0.2) is 12.3 Å². The summed E-state index contributed by atoms with van der Waals surface area (Å²) in [6.07, 6.45) is 1.44. The van der Waals surface area contributed by atoms with Crippen LogP contribution in [-0.4, -0.2) is 17.4 Å². The first-order chi connectivity index (χ1) is 5.27. The number of pyridine rings is 1. The van der Waals surface area contributed by atoms with Gasteiger partial charge in [0.2, 0.25) is 5.78 Å². The van der Waals surface area contributed by atoms with E-state index in [0.717, 1.165) is 0 Å². The van der Waals surface area contributed by atoms with Crippen molar-refractivity contribution in [2.24, 2.45) is 0 Å². The van der Waals surface area contributed by atoms with Crippen LogP contribution in [0, 0.1) is 0 Å². The Morgan fingerprint density at radius 1 is 1.64 bits per heavy atom. The average Bonchev–Trinajstić information content (AvgIpc) is 2.32. The third-order valence-electron chi connectivity index (χ3n) is 1.44. The Labute approximate surface area is 68.0 Å². The molecule has 0 amide bonds. The lowest BCUT2D eigenvalue weighted by Gasteiger charge is -1.94. The summed E-state index contributed by atoms with van der Waals surface area (Å²) in [7, 11) is 0. The molecule has 1 aromatic heterocycles. The van der Waals surface area contributed by atoms with E-state index in [2.05, 4.69) is 4.98 Å². The Hall–Kier alpha value is -1.09. The van der Waals surface area contributed by atoms with Gasteiger partial charge in [0.05, 0.1) is 5.02 Å². The Morgan fingerprint density at radius 2 is 2.45 bits per heavy atom. The van der Waals surface area contributed by atoms with Gasteiger partial charge in [-0.15, -0.1) is 0 Å². The molecule has 0 saturated heterocycles. The van der Waals surface area contributed by atoms with Crippen molar-refractivity contribution >= 4 is 17.4 Å². The molecule has 1 aromatic rings. The molecule has 1 aliphatic rings. The highest BCUT2D eigenvalue weighted by atomic mass is 35.5. The topological polar surface area (TPSA) is 39.2 Å². The number of carbonyl (C=O) groups is 1. The van der Waals surface area contributed by atoms with Gasteiger partial charge in [0, 0.05) is 12.3 Å². The molecule has 0 bridgehead atoms. The molecule has 0 aromatic carbocycles. The fourth-order valence-electron chi connectivity index (χ4n) is 0.952. The van der Waals surface area contributed by atoms with Crippen molar-refractivity contribution in [2.45, 2.75) is 0 Å². The number of rotatable bonds is 0. The molecule has 0 N–H and O–H groups in total. The molecule has 0 atom stereocenters. The summed E-state index contributed by atoms with van der Waals surface area (Å²) >= 11 is 5.62. The van der Waals surface area contributed by atoms with Crippen LogP contribution in [0.5, 0.6) is 5.75 Å². The number of nitrogens with zero attached hydrogens (tertiary/aromatic N) is 1. The van der Waals surface area contributed by atoms with E-state index in [4.69, 9.17) is 16.3 Å². The number of aromatic nitrogens is 1. The van der Waals surface area contributed by atoms with Gasteiger partial charge in [-0.25, -0.2) is 4.98 Å². The Kier molecular flexibility index (Phi) is 1.32. The average molecular weight is 170 g/mol. The Bertz CT molecular complexity index is 324. The van der Waals surface area contributed by atoms with Crippen molar-refractivity contribution in [3.8, 4) is 5.75 Å². The molecule has 0 saturated carbocycles. The number of hydrogen-bond acceptors (Lipinski definition) is 3. The van der Waals surface area contributed by atoms with E-state index >= 15 is 0 Å². The van der Waals surface area contributed by atoms with E-state index in [-0.39, 0.29) is 12.4 Å². The van der Waals surface area contributed by atoms with Gasteiger partial charge in [-0.2, -0.15) is 0 Å². The van der Waals surface area contributed by atoms with E-state index in [9.17, 15) is 4.79 Å². The van der Waals surface area contributed by atoms with Crippen LogP contribution in [0.1, 0.15) is 10.5 Å². The molecule has 11 heavy (non-hydrogen) atoms. The highest BCUT2D eigenvalue weighted by Crippen LogP contribution is 2.25. The molecule has 0 aliphatic carbocycles. The fourth-order valence-corrected chi connectivity index (χ4v) is 1.10. The quantitative estimate of drug-likeness (QED) is 0.588. The van der Waals surface area contributed by atoms with Crippen molar-refractivity contribution in [2.75, 3.05) is 6.61 Å². The summed E-state index contributed by atoms with van der Waals surface area (Å²) in [6.45, 7) is 0.0860. The number of ketones is 1. The summed E-state index contributed by atoms with van der Waals surface area (Å²) in [5.74, 6) is 0.402. The summed E-state index contributed by atoms with van der Waals surface area (Å²) in [5.41, 5.74) is 0.384. The Morgan fingerprint density at radius 3 is 3.27 bits per heavy atom. The third kappa shape index (κ3) is 0.973. The van der Waals surface area contributed by atoms with Crippen LogP contribution in [-0.2, 0) is 0 Å². The maximum Gasteiger partial charge on any atom is 0.222 e. The molecule has 4 heteroatoms. The second-order valence-corrected chi connectivity index (χ2v) is 2.65. The second-order valence-electron chi connectivity index (χ2n) is 2.21. The van der Waals surface area contributed by atoms with Gasteiger partial charge in [-0.1, -0.05) is 11.6 Å². The van der Waals surface area contributed by atoms with Crippen molar-refractivity contribution in [1.82, 2.24) is 4.98 Å². The zero-order valence-corrected chi connectivity index (χ0v) is 6.26. The number of fused-ring (bicyclic) bond motifs is 1. The van der Waals surface area contributed by atoms with Crippen LogP contribution < -0.4 is 4.74 Å². The molecule has 3 nitrogen and oxygen atoms in total. The number of hydrogen-bond donors (Lipinski definition) is 0.